The Balaban J connectivity index is 2.06. The highest BCUT2D eigenvalue weighted by atomic mass is 16.4. The van der Waals surface area contributed by atoms with Crippen molar-refractivity contribution in [2.24, 2.45) is 7.05 Å². The number of benzene rings is 1. The van der Waals surface area contributed by atoms with Gasteiger partial charge in [-0.2, -0.15) is 0 Å². The lowest BCUT2D eigenvalue weighted by atomic mass is 9.63. The summed E-state index contributed by atoms with van der Waals surface area (Å²) in [6.07, 6.45) is 7.07. The Bertz CT molecular complexity index is 853. The van der Waals surface area contributed by atoms with Crippen molar-refractivity contribution in [3.63, 3.8) is 0 Å². The molecule has 0 saturated carbocycles. The van der Waals surface area contributed by atoms with Crippen LogP contribution < -0.4 is 5.11 Å². The number of carboxylic acids is 1. The normalized spacial score (nSPS) is 18.3. The molecule has 0 fully saturated rings. The van der Waals surface area contributed by atoms with Crippen LogP contribution in [0.5, 0.6) is 0 Å². The first-order valence-electron chi connectivity index (χ1n) is 8.81. The molecule has 1 aliphatic rings. The molecular weight excluding hydrogens is 310 g/mol. The van der Waals surface area contributed by atoms with E-state index in [2.05, 4.69) is 45.9 Å². The number of nitrogens with zero attached hydrogens (tertiary/aromatic N) is 1. The lowest BCUT2D eigenvalue weighted by Gasteiger charge is -2.42. The SMILES string of the molecule is Cn1cc(-c2ccc3c(c2)C(C)(C)CCC3(C)C)cc1/C=C/C(=O)[O-]. The van der Waals surface area contributed by atoms with E-state index in [0.717, 1.165) is 17.3 Å². The molecule has 1 aromatic heterocycles. The zero-order chi connectivity index (χ0) is 18.4. The third-order valence-electron chi connectivity index (χ3n) is 5.62. The quantitative estimate of drug-likeness (QED) is 0.800. The lowest BCUT2D eigenvalue weighted by molar-refractivity contribution is -0.297. The van der Waals surface area contributed by atoms with Gasteiger partial charge >= 0.3 is 0 Å². The van der Waals surface area contributed by atoms with Crippen molar-refractivity contribution in [3.8, 4) is 11.1 Å². The van der Waals surface area contributed by atoms with Gasteiger partial charge in [-0.05, 0) is 64.1 Å². The van der Waals surface area contributed by atoms with Crippen LogP contribution in [0.2, 0.25) is 0 Å². The van der Waals surface area contributed by atoms with Gasteiger partial charge in [0.2, 0.25) is 0 Å². The van der Waals surface area contributed by atoms with Crippen molar-refractivity contribution < 1.29 is 9.90 Å². The summed E-state index contributed by atoms with van der Waals surface area (Å²) in [7, 11) is 1.92. The van der Waals surface area contributed by atoms with E-state index in [4.69, 9.17) is 0 Å². The van der Waals surface area contributed by atoms with E-state index in [1.54, 1.807) is 6.08 Å². The molecule has 0 N–H and O–H groups in total. The summed E-state index contributed by atoms with van der Waals surface area (Å²) in [5.74, 6) is -1.18. The zero-order valence-electron chi connectivity index (χ0n) is 15.7. The second-order valence-corrected chi connectivity index (χ2v) is 8.45. The third kappa shape index (κ3) is 3.28. The van der Waals surface area contributed by atoms with E-state index in [0.29, 0.717) is 0 Å². The number of fused-ring (bicyclic) bond motifs is 1. The Morgan fingerprint density at radius 1 is 1.04 bits per heavy atom. The fourth-order valence-corrected chi connectivity index (χ4v) is 3.83. The highest BCUT2D eigenvalue weighted by molar-refractivity contribution is 5.83. The van der Waals surface area contributed by atoms with Gasteiger partial charge in [0.25, 0.3) is 0 Å². The second-order valence-electron chi connectivity index (χ2n) is 8.45. The minimum Gasteiger partial charge on any atom is -0.545 e. The van der Waals surface area contributed by atoms with Gasteiger partial charge in [0, 0.05) is 18.9 Å². The molecule has 0 aliphatic heterocycles. The van der Waals surface area contributed by atoms with Crippen LogP contribution in [0.15, 0.2) is 36.5 Å². The maximum atomic E-state index is 10.6. The lowest BCUT2D eigenvalue weighted by Crippen LogP contribution is -2.33. The van der Waals surface area contributed by atoms with Crippen LogP contribution in [-0.4, -0.2) is 10.5 Å². The van der Waals surface area contributed by atoms with E-state index >= 15 is 0 Å². The number of aromatic nitrogens is 1. The first-order chi connectivity index (χ1) is 11.6. The van der Waals surface area contributed by atoms with Crippen molar-refractivity contribution in [2.75, 3.05) is 0 Å². The smallest absolute Gasteiger partial charge is 0.0643 e. The van der Waals surface area contributed by atoms with E-state index in [1.165, 1.54) is 29.5 Å². The summed E-state index contributed by atoms with van der Waals surface area (Å²) in [6, 6.07) is 8.79. The molecule has 0 unspecified atom stereocenters. The molecular formula is C22H26NO2-. The van der Waals surface area contributed by atoms with Crippen LogP contribution in [0, 0.1) is 0 Å². The molecule has 3 heteroatoms. The Morgan fingerprint density at radius 2 is 1.68 bits per heavy atom. The molecule has 3 nitrogen and oxygen atoms in total. The van der Waals surface area contributed by atoms with Crippen molar-refractivity contribution in [3.05, 3.63) is 53.4 Å². The van der Waals surface area contributed by atoms with E-state index in [1.807, 2.05) is 23.9 Å². The number of carbonyl (C=O) groups excluding carboxylic acids is 1. The summed E-state index contributed by atoms with van der Waals surface area (Å²) in [5, 5.41) is 10.6. The van der Waals surface area contributed by atoms with Gasteiger partial charge in [0.1, 0.15) is 0 Å². The minimum atomic E-state index is -1.18. The summed E-state index contributed by atoms with van der Waals surface area (Å²) >= 11 is 0. The second kappa shape index (κ2) is 5.91. The van der Waals surface area contributed by atoms with E-state index in [9.17, 15) is 9.90 Å². The fraction of sp³-hybridized carbons (Fsp3) is 0.409. The maximum Gasteiger partial charge on any atom is 0.0643 e. The van der Waals surface area contributed by atoms with Crippen LogP contribution in [0.3, 0.4) is 0 Å². The monoisotopic (exact) mass is 336 g/mol. The van der Waals surface area contributed by atoms with Gasteiger partial charge in [0.05, 0.1) is 5.97 Å². The standard InChI is InChI=1S/C22H27NO2/c1-21(2)10-11-22(3,4)19-13-15(6-8-18(19)21)16-12-17(23(5)14-16)7-9-20(24)25/h6-9,12-14H,10-11H2,1-5H3,(H,24,25)/p-1/b9-7+. The molecule has 132 valence electrons. The van der Waals surface area contributed by atoms with E-state index < -0.39 is 5.97 Å². The zero-order valence-corrected chi connectivity index (χ0v) is 15.7. The minimum absolute atomic E-state index is 0.174. The molecule has 25 heavy (non-hydrogen) atoms. The molecule has 0 amide bonds. The number of aliphatic carboxylic acids is 1. The van der Waals surface area contributed by atoms with Crippen molar-refractivity contribution >= 4 is 12.0 Å². The van der Waals surface area contributed by atoms with Gasteiger partial charge in [0.15, 0.2) is 0 Å². The van der Waals surface area contributed by atoms with Gasteiger partial charge in [-0.15, -0.1) is 0 Å². The highest BCUT2D eigenvalue weighted by Gasteiger charge is 2.36. The van der Waals surface area contributed by atoms with E-state index in [-0.39, 0.29) is 10.8 Å². The average molecular weight is 336 g/mol. The summed E-state index contributed by atoms with van der Waals surface area (Å²) in [4.78, 5) is 10.6. The molecule has 2 aromatic rings. The molecule has 0 saturated heterocycles. The summed E-state index contributed by atoms with van der Waals surface area (Å²) < 4.78 is 1.93. The molecule has 1 aliphatic carbocycles. The highest BCUT2D eigenvalue weighted by Crippen LogP contribution is 2.46. The van der Waals surface area contributed by atoms with Gasteiger partial charge in [-0.3, -0.25) is 0 Å². The molecule has 1 aromatic carbocycles. The van der Waals surface area contributed by atoms with Gasteiger partial charge < -0.3 is 14.5 Å². The Labute approximate surface area is 150 Å². The van der Waals surface area contributed by atoms with Crippen LogP contribution in [0.25, 0.3) is 17.2 Å². The first-order valence-corrected chi connectivity index (χ1v) is 8.81. The number of carbonyl (C=O) groups is 1. The largest absolute Gasteiger partial charge is 0.545 e. The maximum absolute atomic E-state index is 10.6. The predicted octanol–water partition coefficient (Wildman–Crippen LogP) is 3.80. The fourth-order valence-electron chi connectivity index (χ4n) is 3.83. The third-order valence-corrected chi connectivity index (χ3v) is 5.62. The average Bonchev–Trinajstić information content (AvgIpc) is 2.91. The molecule has 1 heterocycles. The Kier molecular flexibility index (Phi) is 4.14. The molecule has 0 bridgehead atoms. The summed E-state index contributed by atoms with van der Waals surface area (Å²) in [5.41, 5.74) is 6.38. The molecule has 3 rings (SSSR count). The number of aryl methyl sites for hydroxylation is 1. The van der Waals surface area contributed by atoms with Crippen LogP contribution in [-0.2, 0) is 22.7 Å². The van der Waals surface area contributed by atoms with Crippen molar-refractivity contribution in [2.45, 2.75) is 51.4 Å². The van der Waals surface area contributed by atoms with Crippen molar-refractivity contribution in [1.29, 1.82) is 0 Å². The topological polar surface area (TPSA) is 45.1 Å². The number of rotatable bonds is 3. The number of carboxylic acid groups (broad SMARTS) is 1. The predicted molar refractivity (Wildman–Crippen MR) is 100 cm³/mol. The van der Waals surface area contributed by atoms with Crippen LogP contribution >= 0.6 is 0 Å². The van der Waals surface area contributed by atoms with Crippen LogP contribution in [0.4, 0.5) is 0 Å². The number of hydrogen-bond donors (Lipinski definition) is 0. The number of hydrogen-bond acceptors (Lipinski definition) is 2. The summed E-state index contributed by atoms with van der Waals surface area (Å²) in [6.45, 7) is 9.30. The van der Waals surface area contributed by atoms with Crippen LogP contribution in [0.1, 0.15) is 57.4 Å². The Hall–Kier alpha value is -2.29. The Morgan fingerprint density at radius 3 is 2.32 bits per heavy atom. The van der Waals surface area contributed by atoms with Gasteiger partial charge in [-0.1, -0.05) is 45.9 Å². The molecule has 0 spiro atoms. The molecule has 0 atom stereocenters. The van der Waals surface area contributed by atoms with Gasteiger partial charge in [-0.25, -0.2) is 0 Å². The first kappa shape index (κ1) is 17.5. The molecule has 0 radical (unpaired) electrons. The van der Waals surface area contributed by atoms with Crippen molar-refractivity contribution in [1.82, 2.24) is 4.57 Å².